The van der Waals surface area contributed by atoms with Crippen LogP contribution in [0.5, 0.6) is 0 Å². The number of alkyl halides is 6. The maximum atomic E-state index is 14.4. The van der Waals surface area contributed by atoms with E-state index in [1.165, 1.54) is 0 Å². The molecule has 10 heteroatoms. The van der Waals surface area contributed by atoms with Crippen molar-refractivity contribution in [2.24, 2.45) is 0 Å². The summed E-state index contributed by atoms with van der Waals surface area (Å²) >= 11 is 0. The Morgan fingerprint density at radius 2 is 0.931 bits per heavy atom. The van der Waals surface area contributed by atoms with Gasteiger partial charge in [-0.1, -0.05) is 115 Å². The molecule has 0 spiro atoms. The van der Waals surface area contributed by atoms with Crippen LogP contribution in [0.2, 0.25) is 0 Å². The summed E-state index contributed by atoms with van der Waals surface area (Å²) in [5, 5.41) is 1.85. The van der Waals surface area contributed by atoms with Crippen molar-refractivity contribution in [2.45, 2.75) is 19.3 Å². The van der Waals surface area contributed by atoms with Crippen LogP contribution in [0.25, 0.3) is 83.9 Å². The van der Waals surface area contributed by atoms with Crippen LogP contribution >= 0.6 is 0 Å². The van der Waals surface area contributed by atoms with Crippen LogP contribution in [0.1, 0.15) is 16.7 Å². The second-order valence-electron chi connectivity index (χ2n) is 14.0. The van der Waals surface area contributed by atoms with Crippen LogP contribution < -0.4 is 0 Å². The molecule has 0 aliphatic carbocycles. The topological polar surface area (TPSA) is 43.6 Å². The Kier molecular flexibility index (Phi) is 8.92. The number of benzene rings is 7. The molecule has 0 fully saturated rings. The quantitative estimate of drug-likeness (QED) is 0.158. The molecule has 0 unspecified atom stereocenters. The molecule has 58 heavy (non-hydrogen) atoms. The molecule has 0 bridgehead atoms. The van der Waals surface area contributed by atoms with Gasteiger partial charge in [-0.15, -0.1) is 0 Å². The van der Waals surface area contributed by atoms with Gasteiger partial charge in [0.1, 0.15) is 0 Å². The van der Waals surface area contributed by atoms with Crippen molar-refractivity contribution >= 4 is 21.8 Å². The smallest absolute Gasteiger partial charge is 0.309 e. The molecule has 0 aliphatic rings. The molecular weight excluding hydrogens is 747 g/mol. The second-order valence-corrected chi connectivity index (χ2v) is 14.0. The zero-order valence-electron chi connectivity index (χ0n) is 30.6. The Morgan fingerprint density at radius 3 is 1.53 bits per heavy atom. The maximum Gasteiger partial charge on any atom is 0.416 e. The van der Waals surface area contributed by atoms with Crippen molar-refractivity contribution < 1.29 is 26.3 Å². The number of halogens is 6. The SMILES string of the molecule is Cc1ccc(-c2ccc3c(c2)c2ccccc2n3-c2ccc(-c3nc(-c4ccccc4)nc(-c4ccccc4)n3)c(-c3cc(C(F)(F)F)cc(C(F)(F)F)c3)c2)cc1. The molecule has 0 atom stereocenters. The van der Waals surface area contributed by atoms with Gasteiger partial charge in [0.05, 0.1) is 22.2 Å². The van der Waals surface area contributed by atoms with Gasteiger partial charge >= 0.3 is 12.4 Å². The predicted molar refractivity (Wildman–Crippen MR) is 216 cm³/mol. The number of aryl methyl sites for hydroxylation is 1. The summed E-state index contributed by atoms with van der Waals surface area (Å²) in [5.41, 5.74) is 3.69. The summed E-state index contributed by atoms with van der Waals surface area (Å²) in [7, 11) is 0. The minimum atomic E-state index is -5.07. The van der Waals surface area contributed by atoms with Crippen LogP contribution in [0.3, 0.4) is 0 Å². The summed E-state index contributed by atoms with van der Waals surface area (Å²) in [4.78, 5) is 14.3. The van der Waals surface area contributed by atoms with Gasteiger partial charge in [0.25, 0.3) is 0 Å². The molecule has 9 aromatic rings. The minimum absolute atomic E-state index is 0.0699. The highest BCUT2D eigenvalue weighted by Crippen LogP contribution is 2.43. The van der Waals surface area contributed by atoms with Gasteiger partial charge in [-0.2, -0.15) is 26.3 Å². The first-order valence-corrected chi connectivity index (χ1v) is 18.3. The lowest BCUT2D eigenvalue weighted by Gasteiger charge is -2.18. The van der Waals surface area contributed by atoms with Gasteiger partial charge in [0.2, 0.25) is 0 Å². The van der Waals surface area contributed by atoms with Crippen LogP contribution in [0, 0.1) is 6.92 Å². The van der Waals surface area contributed by atoms with Gasteiger partial charge in [-0.3, -0.25) is 0 Å². The molecule has 0 N–H and O–H groups in total. The number of fused-ring (bicyclic) bond motifs is 3. The Balaban J connectivity index is 1.33. The third kappa shape index (κ3) is 6.87. The molecule has 0 aliphatic heterocycles. The van der Waals surface area contributed by atoms with Crippen molar-refractivity contribution in [1.29, 1.82) is 0 Å². The highest BCUT2D eigenvalue weighted by atomic mass is 19.4. The zero-order valence-corrected chi connectivity index (χ0v) is 30.6. The molecule has 0 radical (unpaired) electrons. The van der Waals surface area contributed by atoms with E-state index in [0.717, 1.165) is 50.6 Å². The number of aromatic nitrogens is 4. The Hall–Kier alpha value is -7.07. The van der Waals surface area contributed by atoms with Crippen LogP contribution in [-0.4, -0.2) is 19.5 Å². The minimum Gasteiger partial charge on any atom is -0.309 e. The van der Waals surface area contributed by atoms with Crippen LogP contribution in [-0.2, 0) is 12.4 Å². The lowest BCUT2D eigenvalue weighted by molar-refractivity contribution is -0.143. The van der Waals surface area contributed by atoms with E-state index in [-0.39, 0.29) is 40.2 Å². The van der Waals surface area contributed by atoms with Crippen molar-refractivity contribution in [3.63, 3.8) is 0 Å². The van der Waals surface area contributed by atoms with E-state index in [0.29, 0.717) is 16.8 Å². The van der Waals surface area contributed by atoms with E-state index < -0.39 is 23.5 Å². The highest BCUT2D eigenvalue weighted by Gasteiger charge is 2.37. The number of hydrogen-bond acceptors (Lipinski definition) is 3. The van der Waals surface area contributed by atoms with Crippen molar-refractivity contribution in [1.82, 2.24) is 19.5 Å². The van der Waals surface area contributed by atoms with E-state index in [2.05, 4.69) is 18.2 Å². The van der Waals surface area contributed by atoms with E-state index in [1.807, 2.05) is 121 Å². The Morgan fingerprint density at radius 1 is 0.397 bits per heavy atom. The molecule has 0 amide bonds. The average molecular weight is 777 g/mol. The maximum absolute atomic E-state index is 14.4. The Labute approximate surface area is 328 Å². The molecule has 0 saturated carbocycles. The third-order valence-corrected chi connectivity index (χ3v) is 10.2. The summed E-state index contributed by atoms with van der Waals surface area (Å²) < 4.78 is 88.2. The van der Waals surface area contributed by atoms with E-state index in [9.17, 15) is 26.3 Å². The molecule has 2 heterocycles. The molecule has 284 valence electrons. The monoisotopic (exact) mass is 776 g/mol. The molecular formula is C48H30F6N4. The van der Waals surface area contributed by atoms with Crippen LogP contribution in [0.4, 0.5) is 26.3 Å². The van der Waals surface area contributed by atoms with Crippen molar-refractivity contribution in [3.05, 3.63) is 180 Å². The zero-order chi connectivity index (χ0) is 40.2. The van der Waals surface area contributed by atoms with Gasteiger partial charge < -0.3 is 4.57 Å². The van der Waals surface area contributed by atoms with Crippen molar-refractivity contribution in [3.8, 4) is 62.1 Å². The first kappa shape index (κ1) is 36.6. The van der Waals surface area contributed by atoms with E-state index >= 15 is 0 Å². The summed E-state index contributed by atoms with van der Waals surface area (Å²) in [6.07, 6.45) is -10.1. The molecule has 0 saturated heterocycles. The van der Waals surface area contributed by atoms with Gasteiger partial charge in [0, 0.05) is 33.2 Å². The Bertz CT molecular complexity index is 2880. The standard InChI is InChI=1S/C48H30F6N4/c1-29-16-18-30(19-17-29)33-20-23-43-41(26-33)38-14-8-9-15-42(38)58(43)37-21-22-39(40(28-37)34-24-35(47(49,50)51)27-36(25-34)48(52,53)54)46-56-44(31-10-4-2-5-11-31)55-45(57-46)32-12-6-3-7-13-32/h2-28H,1H3. The summed E-state index contributed by atoms with van der Waals surface area (Å²) in [5.74, 6) is 0.641. The number of hydrogen-bond donors (Lipinski definition) is 0. The average Bonchev–Trinajstić information content (AvgIpc) is 3.57. The highest BCUT2D eigenvalue weighted by molar-refractivity contribution is 6.10. The largest absolute Gasteiger partial charge is 0.416 e. The lowest BCUT2D eigenvalue weighted by atomic mass is 9.94. The normalized spacial score (nSPS) is 12.1. The first-order chi connectivity index (χ1) is 27.9. The number of rotatable bonds is 6. The predicted octanol–water partition coefficient (Wildman–Crippen LogP) is 13.6. The van der Waals surface area contributed by atoms with E-state index in [1.54, 1.807) is 18.2 Å². The fourth-order valence-corrected chi connectivity index (χ4v) is 7.32. The second kappa shape index (κ2) is 14.1. The van der Waals surface area contributed by atoms with Crippen molar-refractivity contribution in [2.75, 3.05) is 0 Å². The van der Waals surface area contributed by atoms with Crippen LogP contribution in [0.15, 0.2) is 164 Å². The van der Waals surface area contributed by atoms with Gasteiger partial charge in [-0.05, 0) is 83.8 Å². The molecule has 4 nitrogen and oxygen atoms in total. The number of nitrogens with zero attached hydrogens (tertiary/aromatic N) is 4. The summed E-state index contributed by atoms with van der Waals surface area (Å²) in [6, 6.07) is 46.9. The molecule has 2 aromatic heterocycles. The molecule has 7 aromatic carbocycles. The summed E-state index contributed by atoms with van der Waals surface area (Å²) in [6.45, 7) is 2.02. The molecule has 9 rings (SSSR count). The van der Waals surface area contributed by atoms with Gasteiger partial charge in [-0.25, -0.2) is 15.0 Å². The fourth-order valence-electron chi connectivity index (χ4n) is 7.32. The van der Waals surface area contributed by atoms with E-state index in [4.69, 9.17) is 15.0 Å². The first-order valence-electron chi connectivity index (χ1n) is 18.3. The fraction of sp³-hybridized carbons (Fsp3) is 0.0625. The third-order valence-electron chi connectivity index (χ3n) is 10.2. The lowest BCUT2D eigenvalue weighted by Crippen LogP contribution is -2.11. The number of para-hydroxylation sites is 1. The van der Waals surface area contributed by atoms with Gasteiger partial charge in [0.15, 0.2) is 17.5 Å².